The first-order valence-corrected chi connectivity index (χ1v) is 10.5. The second-order valence-electron chi connectivity index (χ2n) is 8.57. The molecule has 2 heterocycles. The number of hydrogen-bond acceptors (Lipinski definition) is 4. The maximum atomic E-state index is 13.1. The van der Waals surface area contributed by atoms with Gasteiger partial charge in [0.15, 0.2) is 0 Å². The van der Waals surface area contributed by atoms with Crippen molar-refractivity contribution in [2.24, 2.45) is 0 Å². The molecule has 154 valence electrons. The van der Waals surface area contributed by atoms with Crippen molar-refractivity contribution in [3.05, 3.63) is 59.7 Å². The zero-order chi connectivity index (χ0) is 20.7. The monoisotopic (exact) mass is 403 g/mol. The zero-order valence-electron chi connectivity index (χ0n) is 16.8. The maximum absolute atomic E-state index is 13.1. The predicted molar refractivity (Wildman–Crippen MR) is 113 cm³/mol. The summed E-state index contributed by atoms with van der Waals surface area (Å²) >= 11 is 0. The quantitative estimate of drug-likeness (QED) is 0.797. The van der Waals surface area contributed by atoms with Gasteiger partial charge in [-0.15, -0.1) is 12.3 Å². The molecule has 1 amide bonds. The Morgan fingerprint density at radius 3 is 2.23 bits per heavy atom. The fourth-order valence-corrected chi connectivity index (χ4v) is 5.37. The van der Waals surface area contributed by atoms with Gasteiger partial charge in [-0.3, -0.25) is 4.90 Å². The van der Waals surface area contributed by atoms with Gasteiger partial charge in [-0.25, -0.2) is 4.79 Å². The summed E-state index contributed by atoms with van der Waals surface area (Å²) in [5, 5.41) is 10.8. The number of hydrogen-bond donors (Lipinski definition) is 1. The SMILES string of the molecule is C#CCC1(O)CC2COCC(C1)N2C(=O)OCC1c2ccccc2-c2ccccc21. The Kier molecular flexibility index (Phi) is 4.77. The molecule has 2 bridgehead atoms. The maximum Gasteiger partial charge on any atom is 0.410 e. The van der Waals surface area contributed by atoms with Crippen molar-refractivity contribution in [3.8, 4) is 23.5 Å². The highest BCUT2D eigenvalue weighted by Crippen LogP contribution is 2.45. The Hall–Kier alpha value is -2.81. The molecular formula is C25H25NO4. The summed E-state index contributed by atoms with van der Waals surface area (Å²) in [6.45, 7) is 1.08. The molecule has 1 N–H and O–H groups in total. The smallest absolute Gasteiger partial charge is 0.410 e. The number of amides is 1. The van der Waals surface area contributed by atoms with Crippen LogP contribution >= 0.6 is 0 Å². The normalized spacial score (nSPS) is 27.1. The fourth-order valence-electron chi connectivity index (χ4n) is 5.37. The lowest BCUT2D eigenvalue weighted by molar-refractivity contribution is -0.131. The van der Waals surface area contributed by atoms with E-state index in [1.54, 1.807) is 4.90 Å². The minimum atomic E-state index is -0.937. The number of fused-ring (bicyclic) bond motifs is 5. The van der Waals surface area contributed by atoms with E-state index in [2.05, 4.69) is 30.2 Å². The van der Waals surface area contributed by atoms with Gasteiger partial charge < -0.3 is 14.6 Å². The molecule has 3 aliphatic rings. The van der Waals surface area contributed by atoms with Gasteiger partial charge in [0.2, 0.25) is 0 Å². The summed E-state index contributed by atoms with van der Waals surface area (Å²) in [5.41, 5.74) is 3.86. The van der Waals surface area contributed by atoms with Crippen molar-refractivity contribution in [2.75, 3.05) is 19.8 Å². The topological polar surface area (TPSA) is 59.0 Å². The molecule has 2 aromatic rings. The van der Waals surface area contributed by atoms with Crippen LogP contribution in [0.25, 0.3) is 11.1 Å². The third-order valence-electron chi connectivity index (χ3n) is 6.62. The highest BCUT2D eigenvalue weighted by Gasteiger charge is 2.48. The molecule has 5 heteroatoms. The molecule has 0 spiro atoms. The van der Waals surface area contributed by atoms with Crippen molar-refractivity contribution in [1.29, 1.82) is 0 Å². The molecule has 2 aliphatic heterocycles. The van der Waals surface area contributed by atoms with Crippen molar-refractivity contribution in [2.45, 2.75) is 42.9 Å². The largest absolute Gasteiger partial charge is 0.448 e. The molecule has 5 rings (SSSR count). The van der Waals surface area contributed by atoms with Crippen LogP contribution in [-0.2, 0) is 9.47 Å². The van der Waals surface area contributed by atoms with Crippen LogP contribution in [0.2, 0.25) is 0 Å². The number of piperidine rings is 1. The predicted octanol–water partition coefficient (Wildman–Crippen LogP) is 3.55. The van der Waals surface area contributed by atoms with Gasteiger partial charge in [0.05, 0.1) is 30.9 Å². The molecule has 0 saturated carbocycles. The number of nitrogens with zero attached hydrogens (tertiary/aromatic N) is 1. The number of benzene rings is 2. The average molecular weight is 403 g/mol. The Labute approximate surface area is 176 Å². The number of rotatable bonds is 3. The van der Waals surface area contributed by atoms with Gasteiger partial charge in [-0.05, 0) is 35.1 Å². The van der Waals surface area contributed by atoms with Gasteiger partial charge in [-0.1, -0.05) is 48.5 Å². The minimum absolute atomic E-state index is 0.0283. The van der Waals surface area contributed by atoms with E-state index in [9.17, 15) is 9.90 Å². The van der Waals surface area contributed by atoms with E-state index < -0.39 is 5.60 Å². The van der Waals surface area contributed by atoms with Crippen molar-refractivity contribution < 1.29 is 19.4 Å². The first kappa shape index (κ1) is 19.2. The van der Waals surface area contributed by atoms with E-state index in [1.165, 1.54) is 22.3 Å². The summed E-state index contributed by atoms with van der Waals surface area (Å²) in [7, 11) is 0. The minimum Gasteiger partial charge on any atom is -0.448 e. The van der Waals surface area contributed by atoms with Crippen molar-refractivity contribution in [3.63, 3.8) is 0 Å². The Balaban J connectivity index is 1.33. The van der Waals surface area contributed by atoms with E-state index in [4.69, 9.17) is 15.9 Å². The van der Waals surface area contributed by atoms with Crippen molar-refractivity contribution in [1.82, 2.24) is 4.90 Å². The standard InChI is InChI=1S/C25H25NO4/c1-2-11-25(28)12-17-14-29-15-18(13-25)26(17)24(27)30-16-23-21-9-5-3-7-19(21)20-8-4-6-10-22(20)23/h1,3-10,17-18,23,28H,11-16H2. The molecule has 0 aromatic heterocycles. The number of aliphatic hydroxyl groups is 1. The summed E-state index contributed by atoms with van der Waals surface area (Å²) in [5.74, 6) is 2.60. The molecule has 1 aliphatic carbocycles. The number of ether oxygens (including phenoxy) is 2. The average Bonchev–Trinajstić information content (AvgIpc) is 3.05. The van der Waals surface area contributed by atoms with E-state index in [1.807, 2.05) is 24.3 Å². The van der Waals surface area contributed by atoms with Crippen LogP contribution < -0.4 is 0 Å². The highest BCUT2D eigenvalue weighted by atomic mass is 16.6. The fraction of sp³-hybridized carbons (Fsp3) is 0.400. The van der Waals surface area contributed by atoms with E-state index >= 15 is 0 Å². The molecule has 0 radical (unpaired) electrons. The van der Waals surface area contributed by atoms with Crippen LogP contribution in [0.1, 0.15) is 36.3 Å². The summed E-state index contributed by atoms with van der Waals surface area (Å²) in [6.07, 6.45) is 6.22. The third-order valence-corrected chi connectivity index (χ3v) is 6.62. The Morgan fingerprint density at radius 1 is 1.10 bits per heavy atom. The lowest BCUT2D eigenvalue weighted by atomic mass is 9.79. The first-order valence-electron chi connectivity index (χ1n) is 10.5. The molecule has 2 saturated heterocycles. The molecule has 5 nitrogen and oxygen atoms in total. The number of terminal acetylenes is 1. The number of carbonyl (C=O) groups excluding carboxylic acids is 1. The molecule has 2 aromatic carbocycles. The van der Waals surface area contributed by atoms with E-state index in [-0.39, 0.29) is 30.7 Å². The highest BCUT2D eigenvalue weighted by molar-refractivity contribution is 5.79. The van der Waals surface area contributed by atoms with Gasteiger partial charge in [-0.2, -0.15) is 0 Å². The van der Waals surface area contributed by atoms with Gasteiger partial charge >= 0.3 is 6.09 Å². The van der Waals surface area contributed by atoms with Crippen LogP contribution in [0, 0.1) is 12.3 Å². The van der Waals surface area contributed by atoms with E-state index in [0.29, 0.717) is 32.5 Å². The van der Waals surface area contributed by atoms with Gasteiger partial charge in [0, 0.05) is 12.3 Å². The third kappa shape index (κ3) is 3.17. The van der Waals surface area contributed by atoms with Crippen LogP contribution in [-0.4, -0.2) is 53.6 Å². The number of morpholine rings is 1. The van der Waals surface area contributed by atoms with Gasteiger partial charge in [0.25, 0.3) is 0 Å². The second kappa shape index (κ2) is 7.46. The molecule has 2 fully saturated rings. The van der Waals surface area contributed by atoms with Crippen LogP contribution in [0.3, 0.4) is 0 Å². The lowest BCUT2D eigenvalue weighted by Crippen LogP contribution is -2.63. The first-order chi connectivity index (χ1) is 14.6. The Bertz CT molecular complexity index is 951. The molecular weight excluding hydrogens is 378 g/mol. The molecule has 2 atom stereocenters. The van der Waals surface area contributed by atoms with Crippen molar-refractivity contribution >= 4 is 6.09 Å². The lowest BCUT2D eigenvalue weighted by Gasteiger charge is -2.50. The summed E-state index contributed by atoms with van der Waals surface area (Å²) in [6, 6.07) is 16.2. The van der Waals surface area contributed by atoms with E-state index in [0.717, 1.165) is 0 Å². The second-order valence-corrected chi connectivity index (χ2v) is 8.57. The zero-order valence-corrected chi connectivity index (χ0v) is 16.8. The number of carbonyl (C=O) groups is 1. The van der Waals surface area contributed by atoms with Crippen LogP contribution in [0.15, 0.2) is 48.5 Å². The van der Waals surface area contributed by atoms with Crippen LogP contribution in [0.4, 0.5) is 4.79 Å². The summed E-state index contributed by atoms with van der Waals surface area (Å²) < 4.78 is 11.5. The summed E-state index contributed by atoms with van der Waals surface area (Å²) in [4.78, 5) is 14.9. The Morgan fingerprint density at radius 2 is 1.67 bits per heavy atom. The molecule has 30 heavy (non-hydrogen) atoms. The molecule has 2 unspecified atom stereocenters. The van der Waals surface area contributed by atoms with Gasteiger partial charge in [0.1, 0.15) is 6.61 Å². The van der Waals surface area contributed by atoms with Crippen LogP contribution in [0.5, 0.6) is 0 Å².